The molecule has 0 aliphatic carbocycles. The molecule has 9 nitrogen and oxygen atoms in total. The first-order valence-electron chi connectivity index (χ1n) is 10.3. The summed E-state index contributed by atoms with van der Waals surface area (Å²) >= 11 is 0. The molecule has 3 aliphatic rings. The molecule has 2 amide bonds. The summed E-state index contributed by atoms with van der Waals surface area (Å²) in [4.78, 5) is 53.6. The van der Waals surface area contributed by atoms with Crippen molar-refractivity contribution in [3.8, 4) is 6.07 Å². The summed E-state index contributed by atoms with van der Waals surface area (Å²) in [6.45, 7) is 0. The van der Waals surface area contributed by atoms with Crippen LogP contribution in [0.25, 0.3) is 0 Å². The number of benzene rings is 2. The lowest BCUT2D eigenvalue weighted by atomic mass is 9.86. The molecule has 2 aromatic rings. The number of non-ortho nitro benzene ring substituents is 1. The van der Waals surface area contributed by atoms with Gasteiger partial charge in [0.25, 0.3) is 5.69 Å². The first kappa shape index (κ1) is 21.2. The first-order chi connectivity index (χ1) is 16.3. The minimum atomic E-state index is -1.12. The van der Waals surface area contributed by atoms with Crippen molar-refractivity contribution in [2.45, 2.75) is 12.1 Å². The highest BCUT2D eigenvalue weighted by atomic mass is 19.1. The monoisotopic (exact) mass is 458 g/mol. The quantitative estimate of drug-likeness (QED) is 0.299. The Morgan fingerprint density at radius 1 is 1.09 bits per heavy atom. The van der Waals surface area contributed by atoms with E-state index in [2.05, 4.69) is 0 Å². The molecule has 2 fully saturated rings. The highest BCUT2D eigenvalue weighted by Gasteiger charge is 2.63. The van der Waals surface area contributed by atoms with E-state index in [0.29, 0.717) is 0 Å². The maximum Gasteiger partial charge on any atom is 0.270 e. The Labute approximate surface area is 192 Å². The number of hydrogen-bond donors (Lipinski definition) is 0. The fraction of sp³-hybridized carbons (Fsp3) is 0.167. The molecule has 0 unspecified atom stereocenters. The fourth-order valence-electron chi connectivity index (χ4n) is 4.91. The number of nitro benzene ring substituents is 1. The van der Waals surface area contributed by atoms with Crippen molar-refractivity contribution in [3.63, 3.8) is 0 Å². The van der Waals surface area contributed by atoms with Crippen LogP contribution in [0.4, 0.5) is 15.8 Å². The van der Waals surface area contributed by atoms with Crippen molar-refractivity contribution in [3.05, 3.63) is 94.0 Å². The molecular formula is C24H15FN4O5. The van der Waals surface area contributed by atoms with Crippen LogP contribution in [-0.2, 0) is 9.59 Å². The van der Waals surface area contributed by atoms with Crippen molar-refractivity contribution in [2.24, 2.45) is 11.8 Å². The summed E-state index contributed by atoms with van der Waals surface area (Å²) in [6, 6.07) is 10.2. The number of allylic oxidation sites excluding steroid dienone is 2. The molecule has 2 aromatic carbocycles. The lowest BCUT2D eigenvalue weighted by Crippen LogP contribution is -2.46. The second-order valence-corrected chi connectivity index (χ2v) is 8.14. The summed E-state index contributed by atoms with van der Waals surface area (Å²) in [5.74, 6) is -4.32. The third kappa shape index (κ3) is 3.09. The zero-order chi connectivity index (χ0) is 24.1. The van der Waals surface area contributed by atoms with Gasteiger partial charge in [-0.2, -0.15) is 5.26 Å². The number of nitro groups is 1. The molecular weight excluding hydrogens is 443 g/mol. The standard InChI is InChI=1S/C24H15FN4O5/c25-15-4-6-16(7-5-15)28-23(31)19-18-10-13(12-26)8-9-27(18)21(20(19)24(28)32)22(30)14-2-1-3-17(11-14)29(33)34/h1-11,18-21H/t18-,19-,20-,21+/m0/s1. The summed E-state index contributed by atoms with van der Waals surface area (Å²) in [5, 5.41) is 20.5. The van der Waals surface area contributed by atoms with Crippen molar-refractivity contribution in [2.75, 3.05) is 4.90 Å². The highest BCUT2D eigenvalue weighted by Crippen LogP contribution is 2.47. The first-order valence-corrected chi connectivity index (χ1v) is 10.3. The molecule has 4 atom stereocenters. The predicted octanol–water partition coefficient (Wildman–Crippen LogP) is 2.75. The molecule has 3 aliphatic heterocycles. The molecule has 0 radical (unpaired) electrons. The Hall–Kier alpha value is -4.65. The second kappa shape index (κ2) is 7.74. The van der Waals surface area contributed by atoms with Gasteiger partial charge in [-0.1, -0.05) is 12.1 Å². The normalized spacial score (nSPS) is 25.0. The van der Waals surface area contributed by atoms with Gasteiger partial charge in [0.1, 0.15) is 11.9 Å². The van der Waals surface area contributed by atoms with E-state index in [1.54, 1.807) is 4.90 Å². The van der Waals surface area contributed by atoms with Gasteiger partial charge in [0, 0.05) is 23.9 Å². The van der Waals surface area contributed by atoms with Crippen LogP contribution in [0.3, 0.4) is 0 Å². The van der Waals surface area contributed by atoms with Crippen molar-refractivity contribution < 1.29 is 23.7 Å². The minimum absolute atomic E-state index is 0.0301. The Bertz CT molecular complexity index is 1360. The van der Waals surface area contributed by atoms with E-state index in [0.717, 1.165) is 23.1 Å². The van der Waals surface area contributed by atoms with E-state index in [1.807, 2.05) is 6.07 Å². The van der Waals surface area contributed by atoms with Crippen molar-refractivity contribution in [1.29, 1.82) is 5.26 Å². The zero-order valence-electron chi connectivity index (χ0n) is 17.4. The molecule has 0 aromatic heterocycles. The SMILES string of the molecule is N#CC1=C[C@H]2[C@@H]3C(=O)N(c4ccc(F)cc4)C(=O)[C@@H]3[C@H](C(=O)c3cccc([N+](=O)[O-])c3)N2C=C1. The summed E-state index contributed by atoms with van der Waals surface area (Å²) in [7, 11) is 0. The maximum atomic E-state index is 13.6. The van der Waals surface area contributed by atoms with Crippen LogP contribution in [0, 0.1) is 39.1 Å². The Balaban J connectivity index is 1.60. The number of anilines is 1. The van der Waals surface area contributed by atoms with Crippen LogP contribution >= 0.6 is 0 Å². The largest absolute Gasteiger partial charge is 0.359 e. The third-order valence-corrected chi connectivity index (χ3v) is 6.37. The van der Waals surface area contributed by atoms with Gasteiger partial charge in [-0.05, 0) is 36.4 Å². The molecule has 34 heavy (non-hydrogen) atoms. The topological polar surface area (TPSA) is 125 Å². The van der Waals surface area contributed by atoms with Gasteiger partial charge < -0.3 is 4.90 Å². The molecule has 0 saturated carbocycles. The Morgan fingerprint density at radius 2 is 1.79 bits per heavy atom. The van der Waals surface area contributed by atoms with Crippen LogP contribution in [0.1, 0.15) is 10.4 Å². The summed E-state index contributed by atoms with van der Waals surface area (Å²) in [5.41, 5.74) is 0.209. The van der Waals surface area contributed by atoms with Gasteiger partial charge in [0.15, 0.2) is 5.78 Å². The van der Waals surface area contributed by atoms with Gasteiger partial charge in [-0.25, -0.2) is 9.29 Å². The third-order valence-electron chi connectivity index (χ3n) is 6.37. The summed E-state index contributed by atoms with van der Waals surface area (Å²) in [6.07, 6.45) is 4.53. The summed E-state index contributed by atoms with van der Waals surface area (Å²) < 4.78 is 13.4. The van der Waals surface area contributed by atoms with E-state index in [-0.39, 0.29) is 22.5 Å². The fourth-order valence-corrected chi connectivity index (χ4v) is 4.91. The number of nitriles is 1. The van der Waals surface area contributed by atoms with E-state index >= 15 is 0 Å². The molecule has 168 valence electrons. The van der Waals surface area contributed by atoms with Crippen LogP contribution in [0.2, 0.25) is 0 Å². The average molecular weight is 458 g/mol. The number of amides is 2. The molecule has 2 saturated heterocycles. The van der Waals surface area contributed by atoms with Crippen molar-refractivity contribution >= 4 is 29.0 Å². The number of hydrogen-bond acceptors (Lipinski definition) is 7. The molecule has 5 rings (SSSR count). The van der Waals surface area contributed by atoms with Crippen LogP contribution in [0.5, 0.6) is 0 Å². The van der Waals surface area contributed by atoms with Crippen LogP contribution in [0.15, 0.2) is 72.5 Å². The lowest BCUT2D eigenvalue weighted by Gasteiger charge is -2.32. The smallest absolute Gasteiger partial charge is 0.270 e. The predicted molar refractivity (Wildman–Crippen MR) is 116 cm³/mol. The van der Waals surface area contributed by atoms with E-state index < -0.39 is 52.3 Å². The number of nitrogens with zero attached hydrogens (tertiary/aromatic N) is 4. The number of halogens is 1. The maximum absolute atomic E-state index is 13.6. The molecule has 3 heterocycles. The van der Waals surface area contributed by atoms with Gasteiger partial charge in [-0.3, -0.25) is 24.5 Å². The van der Waals surface area contributed by atoms with E-state index in [4.69, 9.17) is 0 Å². The number of imide groups is 1. The number of carbonyl (C=O) groups excluding carboxylic acids is 3. The number of ketones is 1. The van der Waals surface area contributed by atoms with Crippen LogP contribution in [-0.4, -0.2) is 39.5 Å². The molecule has 0 spiro atoms. The number of carbonyl (C=O) groups is 3. The molecule has 10 heteroatoms. The van der Waals surface area contributed by atoms with Gasteiger partial charge in [0.05, 0.1) is 40.1 Å². The average Bonchev–Trinajstić information content (AvgIpc) is 3.31. The van der Waals surface area contributed by atoms with Crippen molar-refractivity contribution in [1.82, 2.24) is 4.90 Å². The Morgan fingerprint density at radius 3 is 2.47 bits per heavy atom. The number of Topliss-reactive ketones (excluding diaryl/α,β-unsaturated/α-hetero) is 1. The molecule has 0 bridgehead atoms. The second-order valence-electron chi connectivity index (χ2n) is 8.14. The van der Waals surface area contributed by atoms with E-state index in [1.165, 1.54) is 48.7 Å². The highest BCUT2D eigenvalue weighted by molar-refractivity contribution is 6.24. The Kier molecular flexibility index (Phi) is 4.83. The minimum Gasteiger partial charge on any atom is -0.359 e. The molecule has 0 N–H and O–H groups in total. The zero-order valence-corrected chi connectivity index (χ0v) is 17.4. The van der Waals surface area contributed by atoms with Gasteiger partial charge >= 0.3 is 0 Å². The lowest BCUT2D eigenvalue weighted by molar-refractivity contribution is -0.384. The number of rotatable bonds is 4. The van der Waals surface area contributed by atoms with E-state index in [9.17, 15) is 34.2 Å². The van der Waals surface area contributed by atoms with Gasteiger partial charge in [0.2, 0.25) is 11.8 Å². The van der Waals surface area contributed by atoms with Crippen LogP contribution < -0.4 is 4.90 Å². The van der Waals surface area contributed by atoms with Gasteiger partial charge in [-0.15, -0.1) is 0 Å². The number of fused-ring (bicyclic) bond motifs is 3.